The molecule has 0 heterocycles. The molecule has 0 fully saturated rings. The molecule has 0 saturated heterocycles. The SMILES string of the molecule is CCC(CC)(CC)CNC(=O)C(C)CNC. The van der Waals surface area contributed by atoms with Gasteiger partial charge in [-0.25, -0.2) is 0 Å². The molecule has 0 aliphatic carbocycles. The van der Waals surface area contributed by atoms with Crippen molar-refractivity contribution in [3.05, 3.63) is 0 Å². The lowest BCUT2D eigenvalue weighted by atomic mass is 9.80. The molecule has 0 aromatic heterocycles. The molecule has 3 nitrogen and oxygen atoms in total. The average molecular weight is 228 g/mol. The van der Waals surface area contributed by atoms with E-state index in [0.29, 0.717) is 0 Å². The molecule has 0 aromatic carbocycles. The Balaban J connectivity index is 4.15. The summed E-state index contributed by atoms with van der Waals surface area (Å²) in [7, 11) is 1.87. The minimum atomic E-state index is 0.0493. The monoisotopic (exact) mass is 228 g/mol. The Kier molecular flexibility index (Phi) is 7.39. The highest BCUT2D eigenvalue weighted by molar-refractivity contribution is 5.78. The van der Waals surface area contributed by atoms with E-state index in [9.17, 15) is 4.79 Å². The number of hydrogen-bond acceptors (Lipinski definition) is 2. The third-order valence-corrected chi connectivity index (χ3v) is 3.85. The summed E-state index contributed by atoms with van der Waals surface area (Å²) >= 11 is 0. The van der Waals surface area contributed by atoms with Gasteiger partial charge in [-0.05, 0) is 31.7 Å². The van der Waals surface area contributed by atoms with Crippen LogP contribution in [0.25, 0.3) is 0 Å². The van der Waals surface area contributed by atoms with Gasteiger partial charge in [0.05, 0.1) is 0 Å². The van der Waals surface area contributed by atoms with Crippen LogP contribution in [-0.2, 0) is 4.79 Å². The van der Waals surface area contributed by atoms with E-state index >= 15 is 0 Å². The quantitative estimate of drug-likeness (QED) is 0.668. The Labute approximate surface area is 100 Å². The van der Waals surface area contributed by atoms with E-state index in [1.807, 2.05) is 14.0 Å². The Bertz CT molecular complexity index is 192. The van der Waals surface area contributed by atoms with E-state index in [2.05, 4.69) is 31.4 Å². The predicted octanol–water partition coefficient (Wildman–Crippen LogP) is 2.17. The van der Waals surface area contributed by atoms with Crippen LogP contribution in [0.5, 0.6) is 0 Å². The van der Waals surface area contributed by atoms with Gasteiger partial charge in [-0.3, -0.25) is 4.79 Å². The van der Waals surface area contributed by atoms with Gasteiger partial charge in [-0.15, -0.1) is 0 Å². The van der Waals surface area contributed by atoms with Crippen LogP contribution in [-0.4, -0.2) is 26.0 Å². The first-order chi connectivity index (χ1) is 7.55. The van der Waals surface area contributed by atoms with Gasteiger partial charge in [0.1, 0.15) is 0 Å². The van der Waals surface area contributed by atoms with Crippen molar-refractivity contribution in [3.8, 4) is 0 Å². The van der Waals surface area contributed by atoms with Gasteiger partial charge in [-0.1, -0.05) is 27.7 Å². The van der Waals surface area contributed by atoms with Crippen LogP contribution in [0.1, 0.15) is 47.0 Å². The van der Waals surface area contributed by atoms with E-state index in [-0.39, 0.29) is 17.2 Å². The Hall–Kier alpha value is -0.570. The maximum absolute atomic E-state index is 11.8. The first-order valence-electron chi connectivity index (χ1n) is 6.47. The van der Waals surface area contributed by atoms with Gasteiger partial charge in [0.2, 0.25) is 5.91 Å². The lowest BCUT2D eigenvalue weighted by Crippen LogP contribution is -2.41. The van der Waals surface area contributed by atoms with E-state index in [4.69, 9.17) is 0 Å². The first kappa shape index (κ1) is 15.4. The third kappa shape index (κ3) is 4.52. The molecule has 1 atom stereocenters. The molecule has 0 saturated carbocycles. The fourth-order valence-corrected chi connectivity index (χ4v) is 1.97. The van der Waals surface area contributed by atoms with E-state index in [1.165, 1.54) is 0 Å². The molecule has 0 aromatic rings. The summed E-state index contributed by atoms with van der Waals surface area (Å²) in [5, 5.41) is 6.11. The van der Waals surface area contributed by atoms with Gasteiger partial charge in [0.25, 0.3) is 0 Å². The van der Waals surface area contributed by atoms with Crippen molar-refractivity contribution >= 4 is 5.91 Å². The molecular formula is C13H28N2O. The van der Waals surface area contributed by atoms with Crippen molar-refractivity contribution in [3.63, 3.8) is 0 Å². The Morgan fingerprint density at radius 2 is 1.69 bits per heavy atom. The van der Waals surface area contributed by atoms with Crippen LogP contribution in [0.4, 0.5) is 0 Å². The normalized spacial score (nSPS) is 13.6. The maximum Gasteiger partial charge on any atom is 0.224 e. The highest BCUT2D eigenvalue weighted by Gasteiger charge is 2.25. The lowest BCUT2D eigenvalue weighted by molar-refractivity contribution is -0.124. The summed E-state index contributed by atoms with van der Waals surface area (Å²) in [4.78, 5) is 11.8. The zero-order valence-corrected chi connectivity index (χ0v) is 11.5. The van der Waals surface area contributed by atoms with Crippen molar-refractivity contribution in [1.82, 2.24) is 10.6 Å². The molecule has 1 amide bonds. The van der Waals surface area contributed by atoms with Crippen LogP contribution in [0, 0.1) is 11.3 Å². The van der Waals surface area contributed by atoms with Crippen molar-refractivity contribution in [2.75, 3.05) is 20.1 Å². The highest BCUT2D eigenvalue weighted by Crippen LogP contribution is 2.29. The van der Waals surface area contributed by atoms with Crippen molar-refractivity contribution < 1.29 is 4.79 Å². The second-order valence-electron chi connectivity index (χ2n) is 4.74. The fraction of sp³-hybridized carbons (Fsp3) is 0.923. The molecule has 0 rings (SSSR count). The second-order valence-corrected chi connectivity index (χ2v) is 4.74. The zero-order chi connectivity index (χ0) is 12.6. The summed E-state index contributed by atoms with van der Waals surface area (Å²) in [5.74, 6) is 0.211. The third-order valence-electron chi connectivity index (χ3n) is 3.85. The smallest absolute Gasteiger partial charge is 0.224 e. The number of rotatable bonds is 8. The van der Waals surface area contributed by atoms with E-state index < -0.39 is 0 Å². The molecule has 96 valence electrons. The molecular weight excluding hydrogens is 200 g/mol. The summed E-state index contributed by atoms with van der Waals surface area (Å²) in [5.41, 5.74) is 0.287. The second kappa shape index (κ2) is 7.66. The predicted molar refractivity (Wildman–Crippen MR) is 69.4 cm³/mol. The van der Waals surface area contributed by atoms with Crippen LogP contribution in [0.2, 0.25) is 0 Å². The van der Waals surface area contributed by atoms with E-state index in [0.717, 1.165) is 32.4 Å². The minimum absolute atomic E-state index is 0.0493. The van der Waals surface area contributed by atoms with Crippen molar-refractivity contribution in [2.45, 2.75) is 47.0 Å². The molecule has 3 heteroatoms. The molecule has 0 aliphatic heterocycles. The summed E-state index contributed by atoms with van der Waals surface area (Å²) < 4.78 is 0. The number of carbonyl (C=O) groups excluding carboxylic acids is 1. The summed E-state index contributed by atoms with van der Waals surface area (Å²) in [6.07, 6.45) is 3.38. The molecule has 2 N–H and O–H groups in total. The number of hydrogen-bond donors (Lipinski definition) is 2. The van der Waals surface area contributed by atoms with Gasteiger partial charge in [0.15, 0.2) is 0 Å². The van der Waals surface area contributed by atoms with Gasteiger partial charge >= 0.3 is 0 Å². The number of amides is 1. The van der Waals surface area contributed by atoms with Gasteiger partial charge in [0, 0.05) is 19.0 Å². The molecule has 16 heavy (non-hydrogen) atoms. The number of carbonyl (C=O) groups is 1. The topological polar surface area (TPSA) is 41.1 Å². The van der Waals surface area contributed by atoms with E-state index in [1.54, 1.807) is 0 Å². The average Bonchev–Trinajstić information content (AvgIpc) is 2.31. The van der Waals surface area contributed by atoms with Crippen molar-refractivity contribution in [2.24, 2.45) is 11.3 Å². The van der Waals surface area contributed by atoms with Crippen molar-refractivity contribution in [1.29, 1.82) is 0 Å². The zero-order valence-electron chi connectivity index (χ0n) is 11.5. The standard InChI is InChI=1S/C13H28N2O/c1-6-13(7-2,8-3)10-15-12(16)11(4)9-14-5/h11,14H,6-10H2,1-5H3,(H,15,16). The maximum atomic E-state index is 11.8. The molecule has 1 unspecified atom stereocenters. The Morgan fingerprint density at radius 3 is 2.06 bits per heavy atom. The molecule has 0 spiro atoms. The fourth-order valence-electron chi connectivity index (χ4n) is 1.97. The van der Waals surface area contributed by atoms with Crippen LogP contribution < -0.4 is 10.6 Å². The van der Waals surface area contributed by atoms with Gasteiger partial charge < -0.3 is 10.6 Å². The molecule has 0 radical (unpaired) electrons. The molecule has 0 aliphatic rings. The summed E-state index contributed by atoms with van der Waals surface area (Å²) in [6, 6.07) is 0. The van der Waals surface area contributed by atoms with Crippen LogP contribution in [0.3, 0.4) is 0 Å². The van der Waals surface area contributed by atoms with Crippen LogP contribution in [0.15, 0.2) is 0 Å². The lowest BCUT2D eigenvalue weighted by Gasteiger charge is -2.31. The Morgan fingerprint density at radius 1 is 1.19 bits per heavy atom. The van der Waals surface area contributed by atoms with Crippen LogP contribution >= 0.6 is 0 Å². The minimum Gasteiger partial charge on any atom is -0.355 e. The number of nitrogens with one attached hydrogen (secondary N) is 2. The van der Waals surface area contributed by atoms with Gasteiger partial charge in [-0.2, -0.15) is 0 Å². The largest absolute Gasteiger partial charge is 0.355 e. The first-order valence-corrected chi connectivity index (χ1v) is 6.47. The summed E-state index contributed by atoms with van der Waals surface area (Å²) in [6.45, 7) is 10.1. The highest BCUT2D eigenvalue weighted by atomic mass is 16.1. The molecule has 0 bridgehead atoms.